The van der Waals surface area contributed by atoms with E-state index >= 15 is 0 Å². The largest absolute Gasteiger partial charge is 0.318 e. The smallest absolute Gasteiger partial charge is 0.248 e. The number of hydrogen-bond acceptors (Lipinski definition) is 1. The number of benzene rings is 2. The molecular weight excluding hydrogens is 364 g/mol. The first-order chi connectivity index (χ1) is 9.95. The SMILES string of the molecule is O=C(C=Cc1ccc(Cl)cc1)Nc1c(F)cc(Br)cc1F. The maximum atomic E-state index is 13.6. The van der Waals surface area contributed by atoms with E-state index in [1.807, 2.05) is 0 Å². The van der Waals surface area contributed by atoms with Crippen LogP contribution in [-0.2, 0) is 4.79 Å². The Balaban J connectivity index is 2.10. The van der Waals surface area contributed by atoms with Crippen molar-refractivity contribution in [1.82, 2.24) is 0 Å². The van der Waals surface area contributed by atoms with E-state index in [1.165, 1.54) is 12.2 Å². The quantitative estimate of drug-likeness (QED) is 0.752. The Morgan fingerprint density at radius 3 is 2.29 bits per heavy atom. The lowest BCUT2D eigenvalue weighted by molar-refractivity contribution is -0.111. The van der Waals surface area contributed by atoms with Gasteiger partial charge in [-0.2, -0.15) is 0 Å². The van der Waals surface area contributed by atoms with E-state index in [4.69, 9.17) is 11.6 Å². The summed E-state index contributed by atoms with van der Waals surface area (Å²) >= 11 is 8.70. The fraction of sp³-hybridized carbons (Fsp3) is 0. The van der Waals surface area contributed by atoms with Gasteiger partial charge in [-0.05, 0) is 35.9 Å². The third-order valence-electron chi connectivity index (χ3n) is 2.55. The van der Waals surface area contributed by atoms with Crippen LogP contribution in [0.25, 0.3) is 6.08 Å². The number of nitrogens with one attached hydrogen (secondary N) is 1. The topological polar surface area (TPSA) is 29.1 Å². The van der Waals surface area contributed by atoms with Crippen LogP contribution in [0.3, 0.4) is 0 Å². The minimum atomic E-state index is -0.852. The summed E-state index contributed by atoms with van der Waals surface area (Å²) < 4.78 is 27.4. The molecule has 108 valence electrons. The molecule has 0 radical (unpaired) electrons. The van der Waals surface area contributed by atoms with Crippen molar-refractivity contribution in [3.8, 4) is 0 Å². The summed E-state index contributed by atoms with van der Waals surface area (Å²) in [6.07, 6.45) is 2.70. The number of halogens is 4. The van der Waals surface area contributed by atoms with Crippen LogP contribution in [0.4, 0.5) is 14.5 Å². The lowest BCUT2D eigenvalue weighted by atomic mass is 10.2. The van der Waals surface area contributed by atoms with Gasteiger partial charge in [-0.25, -0.2) is 8.78 Å². The number of carbonyl (C=O) groups excluding carboxylic acids is 1. The van der Waals surface area contributed by atoms with Crippen molar-refractivity contribution in [3.05, 3.63) is 69.2 Å². The normalized spacial score (nSPS) is 10.9. The average Bonchev–Trinajstić information content (AvgIpc) is 2.42. The zero-order chi connectivity index (χ0) is 15.4. The van der Waals surface area contributed by atoms with Gasteiger partial charge >= 0.3 is 0 Å². The van der Waals surface area contributed by atoms with Crippen LogP contribution in [0.1, 0.15) is 5.56 Å². The first kappa shape index (κ1) is 15.7. The summed E-state index contributed by atoms with van der Waals surface area (Å²) in [6.45, 7) is 0. The Morgan fingerprint density at radius 1 is 1.14 bits per heavy atom. The molecule has 0 saturated heterocycles. The van der Waals surface area contributed by atoms with Gasteiger partial charge in [0.15, 0.2) is 11.6 Å². The molecule has 0 aliphatic rings. The molecule has 0 bridgehead atoms. The van der Waals surface area contributed by atoms with Crippen molar-refractivity contribution in [2.75, 3.05) is 5.32 Å². The number of amides is 1. The molecule has 0 aromatic heterocycles. The van der Waals surface area contributed by atoms with Gasteiger partial charge in [-0.3, -0.25) is 4.79 Å². The summed E-state index contributed by atoms with van der Waals surface area (Å²) in [5, 5.41) is 2.74. The Kier molecular flexibility index (Phi) is 5.09. The highest BCUT2D eigenvalue weighted by molar-refractivity contribution is 9.10. The molecule has 2 nitrogen and oxygen atoms in total. The number of rotatable bonds is 3. The highest BCUT2D eigenvalue weighted by Crippen LogP contribution is 2.23. The molecular formula is C15H9BrClF2NO. The van der Waals surface area contributed by atoms with E-state index in [1.54, 1.807) is 24.3 Å². The molecule has 0 saturated carbocycles. The fourth-order valence-corrected chi connectivity index (χ4v) is 2.10. The highest BCUT2D eigenvalue weighted by Gasteiger charge is 2.12. The average molecular weight is 373 g/mol. The maximum Gasteiger partial charge on any atom is 0.248 e. The van der Waals surface area contributed by atoms with Crippen molar-refractivity contribution < 1.29 is 13.6 Å². The predicted molar refractivity (Wildman–Crippen MR) is 83.2 cm³/mol. The Labute approximate surface area is 133 Å². The number of anilines is 1. The third-order valence-corrected chi connectivity index (χ3v) is 3.26. The predicted octanol–water partition coefficient (Wildman–Crippen LogP) is 5.03. The van der Waals surface area contributed by atoms with Gasteiger partial charge < -0.3 is 5.32 Å². The van der Waals surface area contributed by atoms with E-state index < -0.39 is 23.2 Å². The van der Waals surface area contributed by atoms with Gasteiger partial charge in [0.2, 0.25) is 5.91 Å². The molecule has 0 spiro atoms. The van der Waals surface area contributed by atoms with Crippen LogP contribution in [0.15, 0.2) is 46.9 Å². The monoisotopic (exact) mass is 371 g/mol. The second-order valence-corrected chi connectivity index (χ2v) is 5.47. The van der Waals surface area contributed by atoms with Crippen LogP contribution < -0.4 is 5.32 Å². The zero-order valence-electron chi connectivity index (χ0n) is 10.5. The molecule has 0 fully saturated rings. The molecule has 2 rings (SSSR count). The second-order valence-electron chi connectivity index (χ2n) is 4.12. The van der Waals surface area contributed by atoms with Crippen LogP contribution in [0, 0.1) is 11.6 Å². The summed E-state index contributed by atoms with van der Waals surface area (Å²) in [7, 11) is 0. The van der Waals surface area contributed by atoms with Gasteiger partial charge in [-0.15, -0.1) is 0 Å². The standard InChI is InChI=1S/C15H9BrClF2NO/c16-10-7-12(18)15(13(19)8-10)20-14(21)6-3-9-1-4-11(17)5-2-9/h1-8H,(H,20,21). The van der Waals surface area contributed by atoms with Crippen LogP contribution in [-0.4, -0.2) is 5.91 Å². The maximum absolute atomic E-state index is 13.6. The number of carbonyl (C=O) groups is 1. The first-order valence-electron chi connectivity index (χ1n) is 5.85. The van der Waals surface area contributed by atoms with E-state index in [-0.39, 0.29) is 4.47 Å². The van der Waals surface area contributed by atoms with Crippen LogP contribution in [0.5, 0.6) is 0 Å². The highest BCUT2D eigenvalue weighted by atomic mass is 79.9. The Morgan fingerprint density at radius 2 is 1.71 bits per heavy atom. The van der Waals surface area contributed by atoms with E-state index in [9.17, 15) is 13.6 Å². The van der Waals surface area contributed by atoms with Gasteiger partial charge in [0, 0.05) is 15.6 Å². The molecule has 0 aliphatic heterocycles. The lowest BCUT2D eigenvalue weighted by Gasteiger charge is -2.06. The van der Waals surface area contributed by atoms with Crippen molar-refractivity contribution in [2.45, 2.75) is 0 Å². The summed E-state index contributed by atoms with van der Waals surface area (Å²) in [5.74, 6) is -2.34. The van der Waals surface area contributed by atoms with E-state index in [0.29, 0.717) is 5.02 Å². The molecule has 1 amide bonds. The number of hydrogen-bond donors (Lipinski definition) is 1. The second kappa shape index (κ2) is 6.83. The minimum Gasteiger partial charge on any atom is -0.318 e. The van der Waals surface area contributed by atoms with Crippen molar-refractivity contribution in [2.24, 2.45) is 0 Å². The molecule has 0 aliphatic carbocycles. The van der Waals surface area contributed by atoms with Crippen LogP contribution in [0.2, 0.25) is 5.02 Å². The van der Waals surface area contributed by atoms with Gasteiger partial charge in [0.05, 0.1) is 0 Å². The Hall–Kier alpha value is -1.72. The summed E-state index contributed by atoms with van der Waals surface area (Å²) in [5.41, 5.74) is 0.259. The molecule has 0 atom stereocenters. The van der Waals surface area contributed by atoms with Gasteiger partial charge in [0.25, 0.3) is 0 Å². The molecule has 21 heavy (non-hydrogen) atoms. The van der Waals surface area contributed by atoms with Gasteiger partial charge in [0.1, 0.15) is 5.69 Å². The van der Waals surface area contributed by atoms with E-state index in [0.717, 1.165) is 17.7 Å². The Bertz CT molecular complexity index is 678. The first-order valence-corrected chi connectivity index (χ1v) is 7.02. The van der Waals surface area contributed by atoms with Crippen LogP contribution >= 0.6 is 27.5 Å². The minimum absolute atomic E-state index is 0.257. The molecule has 2 aromatic carbocycles. The zero-order valence-corrected chi connectivity index (χ0v) is 12.9. The third kappa shape index (κ3) is 4.37. The summed E-state index contributed by atoms with van der Waals surface area (Å²) in [6, 6.07) is 8.92. The molecule has 6 heteroatoms. The van der Waals surface area contributed by atoms with E-state index in [2.05, 4.69) is 21.2 Å². The van der Waals surface area contributed by atoms with Crippen molar-refractivity contribution in [1.29, 1.82) is 0 Å². The molecule has 2 aromatic rings. The van der Waals surface area contributed by atoms with Gasteiger partial charge in [-0.1, -0.05) is 39.7 Å². The molecule has 0 heterocycles. The lowest BCUT2D eigenvalue weighted by Crippen LogP contribution is -2.11. The fourth-order valence-electron chi connectivity index (χ4n) is 1.57. The molecule has 0 unspecified atom stereocenters. The van der Waals surface area contributed by atoms with Crippen molar-refractivity contribution in [3.63, 3.8) is 0 Å². The summed E-state index contributed by atoms with van der Waals surface area (Å²) in [4.78, 5) is 11.7. The van der Waals surface area contributed by atoms with Crippen molar-refractivity contribution >= 4 is 45.2 Å². The molecule has 1 N–H and O–H groups in total.